The molecular weight excluding hydrogens is 540 g/mol. The molecule has 1 amide bonds. The number of nitrogen functional groups attached to an aromatic ring is 1. The summed E-state index contributed by atoms with van der Waals surface area (Å²) in [7, 11) is 0. The summed E-state index contributed by atoms with van der Waals surface area (Å²) in [6.45, 7) is 14.5. The molecule has 2 N–H and O–H groups in total. The van der Waals surface area contributed by atoms with Gasteiger partial charge in [0.05, 0.1) is 27.5 Å². The molecule has 0 unspecified atom stereocenters. The number of rotatable bonds is 5. The largest absolute Gasteiger partial charge is 0.383 e. The van der Waals surface area contributed by atoms with E-state index in [1.807, 2.05) is 45.6 Å². The van der Waals surface area contributed by atoms with Gasteiger partial charge in [-0.1, -0.05) is 32.0 Å². The van der Waals surface area contributed by atoms with Crippen molar-refractivity contribution in [2.45, 2.75) is 52.6 Å². The fraction of sp³-hybridized carbons (Fsp3) is 0.333. The van der Waals surface area contributed by atoms with Gasteiger partial charge in [0, 0.05) is 43.1 Å². The maximum absolute atomic E-state index is 14.0. The van der Waals surface area contributed by atoms with E-state index in [4.69, 9.17) is 22.3 Å². The van der Waals surface area contributed by atoms with E-state index in [0.29, 0.717) is 51.9 Å². The summed E-state index contributed by atoms with van der Waals surface area (Å²) in [4.78, 5) is 48.8. The number of carbonyl (C=O) groups excluding carboxylic acids is 1. The highest BCUT2D eigenvalue weighted by Crippen LogP contribution is 2.37. The Morgan fingerprint density at radius 2 is 1.90 bits per heavy atom. The van der Waals surface area contributed by atoms with Crippen molar-refractivity contribution < 1.29 is 4.79 Å². The van der Waals surface area contributed by atoms with E-state index in [9.17, 15) is 9.59 Å². The van der Waals surface area contributed by atoms with Crippen molar-refractivity contribution in [1.82, 2.24) is 29.4 Å². The van der Waals surface area contributed by atoms with Crippen LogP contribution in [0, 0.1) is 6.92 Å². The summed E-state index contributed by atoms with van der Waals surface area (Å²) in [5.41, 5.74) is 9.32. The molecule has 0 aromatic carbocycles. The lowest BCUT2D eigenvalue weighted by molar-refractivity contribution is -0.128. The van der Waals surface area contributed by atoms with Gasteiger partial charge >= 0.3 is 5.69 Å². The molecule has 1 fully saturated rings. The summed E-state index contributed by atoms with van der Waals surface area (Å²) in [6, 6.07) is 6.92. The van der Waals surface area contributed by atoms with E-state index < -0.39 is 5.69 Å². The van der Waals surface area contributed by atoms with Crippen LogP contribution >= 0.6 is 11.6 Å². The standard InChI is InChI=1S/C30H33ClN8O2/c1-7-23(40)37-14-19(6)38(15-18(37)5)28-21-13-22(31)25(20-9-8-11-34-27(20)32)35-29(21)39(30(41)36-28)26-17(4)10-12-33-24(26)16(2)3/h7-13,16,18-19H,1,14-15H2,2-6H3,(H2,32,34)/t18-,19+/m1/s1. The highest BCUT2D eigenvalue weighted by atomic mass is 35.5. The van der Waals surface area contributed by atoms with Crippen LogP contribution in [0.4, 0.5) is 11.6 Å². The van der Waals surface area contributed by atoms with Crippen LogP contribution in [0.3, 0.4) is 0 Å². The van der Waals surface area contributed by atoms with Crippen LogP contribution in [0.25, 0.3) is 28.0 Å². The molecule has 4 aromatic rings. The lowest BCUT2D eigenvalue weighted by Crippen LogP contribution is -2.58. The molecule has 0 bridgehead atoms. The summed E-state index contributed by atoms with van der Waals surface area (Å²) < 4.78 is 1.52. The van der Waals surface area contributed by atoms with Gasteiger partial charge in [0.15, 0.2) is 5.65 Å². The fourth-order valence-corrected chi connectivity index (χ4v) is 5.72. The monoisotopic (exact) mass is 572 g/mol. The van der Waals surface area contributed by atoms with Crippen LogP contribution in [0.1, 0.15) is 44.9 Å². The molecule has 41 heavy (non-hydrogen) atoms. The van der Waals surface area contributed by atoms with Gasteiger partial charge in [-0.05, 0) is 62.6 Å². The third-order valence-electron chi connectivity index (χ3n) is 7.54. The molecule has 10 nitrogen and oxygen atoms in total. The number of aromatic nitrogens is 5. The summed E-state index contributed by atoms with van der Waals surface area (Å²) in [6.07, 6.45) is 4.66. The van der Waals surface area contributed by atoms with E-state index in [2.05, 4.69) is 21.5 Å². The van der Waals surface area contributed by atoms with Gasteiger partial charge in [-0.2, -0.15) is 4.98 Å². The van der Waals surface area contributed by atoms with Gasteiger partial charge < -0.3 is 15.5 Å². The average Bonchev–Trinajstić information content (AvgIpc) is 2.94. The number of halogens is 1. The molecule has 0 spiro atoms. The quantitative estimate of drug-likeness (QED) is 0.346. The Bertz CT molecular complexity index is 1730. The number of nitrogens with two attached hydrogens (primary N) is 1. The first-order valence-corrected chi connectivity index (χ1v) is 13.9. The molecule has 2 atom stereocenters. The van der Waals surface area contributed by atoms with Crippen LogP contribution in [-0.4, -0.2) is 60.5 Å². The second-order valence-corrected chi connectivity index (χ2v) is 11.1. The molecule has 1 aliphatic rings. The molecule has 5 heterocycles. The molecule has 212 valence electrons. The molecule has 0 aliphatic carbocycles. The Morgan fingerprint density at radius 1 is 1.15 bits per heavy atom. The Morgan fingerprint density at radius 3 is 2.59 bits per heavy atom. The minimum absolute atomic E-state index is 0.0311. The van der Waals surface area contributed by atoms with Crippen LogP contribution in [0.5, 0.6) is 0 Å². The summed E-state index contributed by atoms with van der Waals surface area (Å²) in [5, 5.41) is 0.944. The van der Waals surface area contributed by atoms with Gasteiger partial charge in [-0.15, -0.1) is 0 Å². The number of amides is 1. The maximum Gasteiger partial charge on any atom is 0.355 e. The number of carbonyl (C=O) groups is 1. The van der Waals surface area contributed by atoms with Crippen LogP contribution in [0.15, 0.2) is 54.1 Å². The first-order chi connectivity index (χ1) is 19.5. The number of aryl methyl sites for hydroxylation is 1. The molecule has 1 saturated heterocycles. The number of fused-ring (bicyclic) bond motifs is 1. The fourth-order valence-electron chi connectivity index (χ4n) is 5.46. The Kier molecular flexibility index (Phi) is 7.52. The SMILES string of the molecule is C=CC(=O)N1C[C@H](C)N(c2nc(=O)n(-c3c(C)ccnc3C(C)C)c3nc(-c4cccnc4N)c(Cl)cc23)C[C@H]1C. The third-order valence-corrected chi connectivity index (χ3v) is 7.82. The van der Waals surface area contributed by atoms with Crippen molar-refractivity contribution in [3.63, 3.8) is 0 Å². The zero-order valence-electron chi connectivity index (χ0n) is 23.8. The average molecular weight is 573 g/mol. The first kappa shape index (κ1) is 28.2. The molecular formula is C30H33ClN8O2. The number of anilines is 2. The smallest absolute Gasteiger partial charge is 0.355 e. The molecule has 4 aromatic heterocycles. The van der Waals surface area contributed by atoms with Crippen molar-refractivity contribution in [3.05, 3.63) is 76.1 Å². The Hall–Kier alpha value is -4.31. The van der Waals surface area contributed by atoms with Gasteiger partial charge in [-0.3, -0.25) is 9.78 Å². The lowest BCUT2D eigenvalue weighted by Gasteiger charge is -2.44. The Labute approximate surface area is 243 Å². The Balaban J connectivity index is 1.83. The minimum Gasteiger partial charge on any atom is -0.383 e. The zero-order valence-corrected chi connectivity index (χ0v) is 24.6. The molecule has 0 saturated carbocycles. The van der Waals surface area contributed by atoms with E-state index in [-0.39, 0.29) is 29.7 Å². The number of hydrogen-bond acceptors (Lipinski definition) is 8. The minimum atomic E-state index is -0.491. The summed E-state index contributed by atoms with van der Waals surface area (Å²) >= 11 is 6.86. The van der Waals surface area contributed by atoms with Crippen LogP contribution in [-0.2, 0) is 4.79 Å². The van der Waals surface area contributed by atoms with Gasteiger partial charge in [0.25, 0.3) is 0 Å². The second kappa shape index (κ2) is 10.9. The van der Waals surface area contributed by atoms with Gasteiger partial charge in [0.1, 0.15) is 11.6 Å². The topological polar surface area (TPSA) is 123 Å². The van der Waals surface area contributed by atoms with Gasteiger partial charge in [-0.25, -0.2) is 19.3 Å². The predicted octanol–water partition coefficient (Wildman–Crippen LogP) is 4.52. The number of piperazine rings is 1. The highest BCUT2D eigenvalue weighted by molar-refractivity contribution is 6.34. The second-order valence-electron chi connectivity index (χ2n) is 10.7. The first-order valence-electron chi connectivity index (χ1n) is 13.5. The van der Waals surface area contributed by atoms with Crippen molar-refractivity contribution in [2.75, 3.05) is 23.7 Å². The third kappa shape index (κ3) is 4.93. The number of pyridine rings is 3. The highest BCUT2D eigenvalue weighted by Gasteiger charge is 2.34. The summed E-state index contributed by atoms with van der Waals surface area (Å²) in [5.74, 6) is 0.631. The van der Waals surface area contributed by atoms with E-state index in [0.717, 1.165) is 11.3 Å². The van der Waals surface area contributed by atoms with Crippen molar-refractivity contribution in [1.29, 1.82) is 0 Å². The lowest BCUT2D eigenvalue weighted by atomic mass is 10.0. The zero-order chi connectivity index (χ0) is 29.6. The van der Waals surface area contributed by atoms with Crippen molar-refractivity contribution >= 4 is 40.2 Å². The van der Waals surface area contributed by atoms with Gasteiger partial charge in [0.2, 0.25) is 5.91 Å². The molecule has 5 rings (SSSR count). The van der Waals surface area contributed by atoms with Crippen molar-refractivity contribution in [2.24, 2.45) is 0 Å². The predicted molar refractivity (Wildman–Crippen MR) is 163 cm³/mol. The van der Waals surface area contributed by atoms with E-state index >= 15 is 0 Å². The van der Waals surface area contributed by atoms with Crippen molar-refractivity contribution in [3.8, 4) is 16.9 Å². The van der Waals surface area contributed by atoms with E-state index in [1.165, 1.54) is 10.6 Å². The molecule has 0 radical (unpaired) electrons. The molecule has 11 heteroatoms. The number of hydrogen-bond donors (Lipinski definition) is 1. The van der Waals surface area contributed by atoms with E-state index in [1.54, 1.807) is 35.5 Å². The van der Waals surface area contributed by atoms with Crippen LogP contribution in [0.2, 0.25) is 5.02 Å². The molecule has 1 aliphatic heterocycles. The van der Waals surface area contributed by atoms with Crippen LogP contribution < -0.4 is 16.3 Å². The normalized spacial score (nSPS) is 17.3. The maximum atomic E-state index is 14.0. The number of nitrogens with zero attached hydrogens (tertiary/aromatic N) is 7.